The van der Waals surface area contributed by atoms with Crippen LogP contribution in [0.15, 0.2) is 30.3 Å². The number of pyridine rings is 1. The van der Waals surface area contributed by atoms with Crippen molar-refractivity contribution in [2.45, 2.75) is 45.6 Å². The zero-order valence-electron chi connectivity index (χ0n) is 15.1. The number of nitrogens with zero attached hydrogens (tertiary/aromatic N) is 1. The number of benzene rings is 1. The molecule has 5 heteroatoms. The van der Waals surface area contributed by atoms with Crippen LogP contribution in [0.1, 0.15) is 48.3 Å². The SMILES string of the molecule is COc1ccc(Nc2cc(C(=O)NC(C)C)c3c(n2)CCCC3)cc1. The van der Waals surface area contributed by atoms with E-state index in [4.69, 9.17) is 9.72 Å². The Morgan fingerprint density at radius 3 is 2.56 bits per heavy atom. The highest BCUT2D eigenvalue weighted by atomic mass is 16.5. The number of carbonyl (C=O) groups excluding carboxylic acids is 1. The van der Waals surface area contributed by atoms with Crippen LogP contribution < -0.4 is 15.4 Å². The summed E-state index contributed by atoms with van der Waals surface area (Å²) < 4.78 is 5.18. The molecule has 0 atom stereocenters. The first kappa shape index (κ1) is 17.3. The highest BCUT2D eigenvalue weighted by Gasteiger charge is 2.21. The molecule has 2 aromatic rings. The lowest BCUT2D eigenvalue weighted by Gasteiger charge is -2.21. The summed E-state index contributed by atoms with van der Waals surface area (Å²) in [7, 11) is 1.65. The van der Waals surface area contributed by atoms with E-state index in [1.54, 1.807) is 7.11 Å². The van der Waals surface area contributed by atoms with Gasteiger partial charge in [-0.2, -0.15) is 0 Å². The Labute approximate surface area is 148 Å². The molecule has 2 N–H and O–H groups in total. The van der Waals surface area contributed by atoms with Crippen LogP contribution >= 0.6 is 0 Å². The van der Waals surface area contributed by atoms with Gasteiger partial charge in [0.1, 0.15) is 11.6 Å². The Kier molecular flexibility index (Phi) is 5.22. The summed E-state index contributed by atoms with van der Waals surface area (Å²) in [6.07, 6.45) is 4.08. The second-order valence-electron chi connectivity index (χ2n) is 6.67. The lowest BCUT2D eigenvalue weighted by molar-refractivity contribution is 0.0941. The molecule has 132 valence electrons. The molecule has 25 heavy (non-hydrogen) atoms. The van der Waals surface area contributed by atoms with Gasteiger partial charge in [0.2, 0.25) is 0 Å². The molecule has 0 spiro atoms. The first-order valence-electron chi connectivity index (χ1n) is 8.81. The van der Waals surface area contributed by atoms with Crippen LogP contribution in [0.2, 0.25) is 0 Å². The highest BCUT2D eigenvalue weighted by Crippen LogP contribution is 2.27. The zero-order chi connectivity index (χ0) is 17.8. The number of ether oxygens (including phenoxy) is 1. The predicted molar refractivity (Wildman–Crippen MR) is 99.8 cm³/mol. The van der Waals surface area contributed by atoms with E-state index in [-0.39, 0.29) is 11.9 Å². The van der Waals surface area contributed by atoms with Crippen LogP contribution in [-0.4, -0.2) is 24.0 Å². The Morgan fingerprint density at radius 2 is 1.88 bits per heavy atom. The number of methoxy groups -OCH3 is 1. The molecule has 1 heterocycles. The Bertz CT molecular complexity index is 754. The Balaban J connectivity index is 1.92. The number of aromatic nitrogens is 1. The molecule has 0 aliphatic heterocycles. The number of rotatable bonds is 5. The summed E-state index contributed by atoms with van der Waals surface area (Å²) in [4.78, 5) is 17.4. The molecular formula is C20H25N3O2. The van der Waals surface area contributed by atoms with Crippen LogP contribution in [-0.2, 0) is 12.8 Å². The van der Waals surface area contributed by atoms with E-state index < -0.39 is 0 Å². The minimum Gasteiger partial charge on any atom is -0.497 e. The number of carbonyl (C=O) groups is 1. The largest absolute Gasteiger partial charge is 0.497 e. The number of nitrogens with one attached hydrogen (secondary N) is 2. The summed E-state index contributed by atoms with van der Waals surface area (Å²) in [6.45, 7) is 3.95. The van der Waals surface area contributed by atoms with Crippen molar-refractivity contribution in [3.8, 4) is 5.75 Å². The third-order valence-corrected chi connectivity index (χ3v) is 4.33. The number of anilines is 2. The fourth-order valence-corrected chi connectivity index (χ4v) is 3.13. The van der Waals surface area contributed by atoms with Gasteiger partial charge in [-0.3, -0.25) is 4.79 Å². The Hall–Kier alpha value is -2.56. The molecule has 1 aromatic carbocycles. The van der Waals surface area contributed by atoms with E-state index in [0.29, 0.717) is 5.82 Å². The summed E-state index contributed by atoms with van der Waals surface area (Å²) in [5.74, 6) is 1.49. The third-order valence-electron chi connectivity index (χ3n) is 4.33. The van der Waals surface area contributed by atoms with E-state index >= 15 is 0 Å². The standard InChI is InChI=1S/C20H25N3O2/c1-13(2)21-20(24)17-12-19(23-18-7-5-4-6-16(17)18)22-14-8-10-15(25-3)11-9-14/h8-13H,4-7H2,1-3H3,(H,21,24)(H,22,23). The molecule has 0 fully saturated rings. The van der Waals surface area contributed by atoms with E-state index in [2.05, 4.69) is 10.6 Å². The van der Waals surface area contributed by atoms with Gasteiger partial charge in [-0.25, -0.2) is 4.98 Å². The molecule has 1 aromatic heterocycles. The van der Waals surface area contributed by atoms with E-state index in [1.807, 2.05) is 44.2 Å². The van der Waals surface area contributed by atoms with Gasteiger partial charge in [0.15, 0.2) is 0 Å². The fraction of sp³-hybridized carbons (Fsp3) is 0.400. The van der Waals surface area contributed by atoms with Crippen LogP contribution in [0.25, 0.3) is 0 Å². The van der Waals surface area contributed by atoms with Crippen LogP contribution in [0.4, 0.5) is 11.5 Å². The van der Waals surface area contributed by atoms with E-state index in [9.17, 15) is 4.79 Å². The molecule has 0 radical (unpaired) electrons. The molecule has 1 aliphatic rings. The van der Waals surface area contributed by atoms with Gasteiger partial charge >= 0.3 is 0 Å². The maximum Gasteiger partial charge on any atom is 0.251 e. The van der Waals surface area contributed by atoms with Gasteiger partial charge in [0.05, 0.1) is 7.11 Å². The average molecular weight is 339 g/mol. The Morgan fingerprint density at radius 1 is 1.16 bits per heavy atom. The van der Waals surface area contributed by atoms with Crippen LogP contribution in [0.3, 0.4) is 0 Å². The van der Waals surface area contributed by atoms with Crippen molar-refractivity contribution in [3.63, 3.8) is 0 Å². The van der Waals surface area contributed by atoms with Crippen molar-refractivity contribution in [1.29, 1.82) is 0 Å². The molecule has 3 rings (SSSR count). The normalized spacial score (nSPS) is 13.3. The highest BCUT2D eigenvalue weighted by molar-refractivity contribution is 5.97. The van der Waals surface area contributed by atoms with Crippen molar-refractivity contribution in [3.05, 3.63) is 47.2 Å². The molecular weight excluding hydrogens is 314 g/mol. The minimum atomic E-state index is -0.0201. The number of fused-ring (bicyclic) bond motifs is 1. The maximum atomic E-state index is 12.6. The monoisotopic (exact) mass is 339 g/mol. The topological polar surface area (TPSA) is 63.2 Å². The van der Waals surface area contributed by atoms with Crippen molar-refractivity contribution >= 4 is 17.4 Å². The molecule has 0 saturated heterocycles. The maximum absolute atomic E-state index is 12.6. The second-order valence-corrected chi connectivity index (χ2v) is 6.67. The number of hydrogen-bond acceptors (Lipinski definition) is 4. The fourth-order valence-electron chi connectivity index (χ4n) is 3.13. The van der Waals surface area contributed by atoms with Crippen molar-refractivity contribution in [2.24, 2.45) is 0 Å². The van der Waals surface area contributed by atoms with Crippen molar-refractivity contribution in [2.75, 3.05) is 12.4 Å². The number of aryl methyl sites for hydroxylation is 1. The van der Waals surface area contributed by atoms with Gasteiger partial charge in [0.25, 0.3) is 5.91 Å². The van der Waals surface area contributed by atoms with E-state index in [0.717, 1.165) is 53.9 Å². The number of hydrogen-bond donors (Lipinski definition) is 2. The summed E-state index contributed by atoms with van der Waals surface area (Å²) in [6, 6.07) is 9.64. The van der Waals surface area contributed by atoms with Crippen LogP contribution in [0, 0.1) is 0 Å². The van der Waals surface area contributed by atoms with Gasteiger partial charge < -0.3 is 15.4 Å². The zero-order valence-corrected chi connectivity index (χ0v) is 15.1. The minimum absolute atomic E-state index is 0.0201. The predicted octanol–water partition coefficient (Wildman–Crippen LogP) is 3.85. The van der Waals surface area contributed by atoms with Gasteiger partial charge in [-0.05, 0) is 75.4 Å². The average Bonchev–Trinajstić information content (AvgIpc) is 2.61. The third kappa shape index (κ3) is 4.10. The summed E-state index contributed by atoms with van der Waals surface area (Å²) in [5.41, 5.74) is 3.80. The lowest BCUT2D eigenvalue weighted by Crippen LogP contribution is -2.31. The van der Waals surface area contributed by atoms with Crippen molar-refractivity contribution < 1.29 is 9.53 Å². The van der Waals surface area contributed by atoms with Gasteiger partial charge in [-0.1, -0.05) is 0 Å². The van der Waals surface area contributed by atoms with Gasteiger partial charge in [0, 0.05) is 23.0 Å². The first-order chi connectivity index (χ1) is 12.1. The first-order valence-corrected chi connectivity index (χ1v) is 8.81. The van der Waals surface area contributed by atoms with E-state index in [1.165, 1.54) is 0 Å². The second kappa shape index (κ2) is 7.55. The molecule has 0 saturated carbocycles. The molecule has 1 amide bonds. The van der Waals surface area contributed by atoms with Gasteiger partial charge in [-0.15, -0.1) is 0 Å². The molecule has 0 bridgehead atoms. The molecule has 1 aliphatic carbocycles. The smallest absolute Gasteiger partial charge is 0.251 e. The molecule has 5 nitrogen and oxygen atoms in total. The summed E-state index contributed by atoms with van der Waals surface area (Å²) in [5, 5.41) is 6.31. The number of amides is 1. The molecule has 0 unspecified atom stereocenters. The van der Waals surface area contributed by atoms with Crippen molar-refractivity contribution in [1.82, 2.24) is 10.3 Å². The quantitative estimate of drug-likeness (QED) is 0.868. The van der Waals surface area contributed by atoms with Crippen LogP contribution in [0.5, 0.6) is 5.75 Å². The summed E-state index contributed by atoms with van der Waals surface area (Å²) >= 11 is 0. The lowest BCUT2D eigenvalue weighted by atomic mass is 9.91.